The first-order valence-corrected chi connectivity index (χ1v) is 7.90. The summed E-state index contributed by atoms with van der Waals surface area (Å²) in [6, 6.07) is 7.84. The molecule has 0 unspecified atom stereocenters. The highest BCUT2D eigenvalue weighted by Gasteiger charge is 2.10. The highest BCUT2D eigenvalue weighted by atomic mass is 32.2. The molecule has 0 bridgehead atoms. The lowest BCUT2D eigenvalue weighted by Crippen LogP contribution is -1.95. The Morgan fingerprint density at radius 1 is 1.27 bits per heavy atom. The molecular weight excluding hydrogens is 300 g/mol. The van der Waals surface area contributed by atoms with Crippen molar-refractivity contribution in [2.24, 2.45) is 0 Å². The second-order valence-corrected chi connectivity index (χ2v) is 5.47. The van der Waals surface area contributed by atoms with Crippen LogP contribution in [0.1, 0.15) is 18.6 Å². The molecule has 0 N–H and O–H groups in total. The number of aromatic nitrogens is 4. The first-order valence-electron chi connectivity index (χ1n) is 6.92. The molecule has 2 aromatic heterocycles. The Balaban J connectivity index is 1.73. The van der Waals surface area contributed by atoms with Gasteiger partial charge in [0.15, 0.2) is 11.0 Å². The van der Waals surface area contributed by atoms with Gasteiger partial charge in [0, 0.05) is 24.5 Å². The van der Waals surface area contributed by atoms with Crippen LogP contribution in [0.4, 0.5) is 0 Å². The van der Waals surface area contributed by atoms with Gasteiger partial charge < -0.3 is 9.26 Å². The Morgan fingerprint density at radius 3 is 2.77 bits per heavy atom. The lowest BCUT2D eigenvalue weighted by atomic mass is 10.3. The topological polar surface area (TPSA) is 66.0 Å². The fourth-order valence-corrected chi connectivity index (χ4v) is 2.77. The van der Waals surface area contributed by atoms with E-state index in [1.54, 1.807) is 25.1 Å². The van der Waals surface area contributed by atoms with Crippen LogP contribution >= 0.6 is 11.8 Å². The van der Waals surface area contributed by atoms with Gasteiger partial charge in [0.25, 0.3) is 0 Å². The van der Waals surface area contributed by atoms with Crippen molar-refractivity contribution in [3.05, 3.63) is 48.4 Å². The summed E-state index contributed by atoms with van der Waals surface area (Å²) in [7, 11) is 1.66. The molecule has 0 aliphatic rings. The summed E-state index contributed by atoms with van der Waals surface area (Å²) in [6.45, 7) is 2.00. The summed E-state index contributed by atoms with van der Waals surface area (Å²) >= 11 is 1.56. The SMILES string of the molecule is CCc1noc(CSc2nccn2-c2ccc(OC)cc2)n1. The van der Waals surface area contributed by atoms with Gasteiger partial charge in [-0.05, 0) is 24.3 Å². The van der Waals surface area contributed by atoms with Crippen LogP contribution in [-0.4, -0.2) is 26.8 Å². The lowest BCUT2D eigenvalue weighted by molar-refractivity contribution is 0.385. The van der Waals surface area contributed by atoms with Crippen molar-refractivity contribution in [2.75, 3.05) is 7.11 Å². The van der Waals surface area contributed by atoms with Crippen LogP contribution in [0, 0.1) is 0 Å². The maximum absolute atomic E-state index is 5.19. The molecule has 2 heterocycles. The van der Waals surface area contributed by atoms with E-state index >= 15 is 0 Å². The first kappa shape index (κ1) is 14.6. The van der Waals surface area contributed by atoms with Crippen LogP contribution in [0.5, 0.6) is 5.75 Å². The largest absolute Gasteiger partial charge is 0.497 e. The fourth-order valence-electron chi connectivity index (χ4n) is 1.95. The van der Waals surface area contributed by atoms with Crippen LogP contribution in [0.2, 0.25) is 0 Å². The molecule has 1 aromatic carbocycles. The molecule has 3 rings (SSSR count). The number of thioether (sulfide) groups is 1. The molecule has 0 atom stereocenters. The molecule has 6 nitrogen and oxygen atoms in total. The van der Waals surface area contributed by atoms with Gasteiger partial charge in [-0.15, -0.1) is 0 Å². The van der Waals surface area contributed by atoms with E-state index in [4.69, 9.17) is 9.26 Å². The second-order valence-electron chi connectivity index (χ2n) is 4.52. The predicted octanol–water partition coefficient (Wildman–Crippen LogP) is 3.12. The number of hydrogen-bond acceptors (Lipinski definition) is 6. The third-order valence-electron chi connectivity index (χ3n) is 3.11. The molecule has 0 radical (unpaired) electrons. The molecule has 0 fully saturated rings. The number of aryl methyl sites for hydroxylation is 1. The third kappa shape index (κ3) is 3.14. The van der Waals surface area contributed by atoms with E-state index in [-0.39, 0.29) is 0 Å². The number of nitrogens with zero attached hydrogens (tertiary/aromatic N) is 4. The fraction of sp³-hybridized carbons (Fsp3) is 0.267. The van der Waals surface area contributed by atoms with E-state index in [0.717, 1.165) is 28.8 Å². The Bertz CT molecular complexity index is 736. The van der Waals surface area contributed by atoms with Crippen molar-refractivity contribution in [1.29, 1.82) is 0 Å². The van der Waals surface area contributed by atoms with Gasteiger partial charge >= 0.3 is 0 Å². The van der Waals surface area contributed by atoms with Gasteiger partial charge in [-0.3, -0.25) is 4.57 Å². The van der Waals surface area contributed by atoms with Gasteiger partial charge in [-0.2, -0.15) is 4.98 Å². The molecular formula is C15H16N4O2S. The van der Waals surface area contributed by atoms with Crippen molar-refractivity contribution in [2.45, 2.75) is 24.3 Å². The van der Waals surface area contributed by atoms with Gasteiger partial charge in [0.1, 0.15) is 5.75 Å². The molecule has 0 aliphatic carbocycles. The molecule has 0 saturated carbocycles. The highest BCUT2D eigenvalue weighted by Crippen LogP contribution is 2.24. The molecule has 3 aromatic rings. The number of hydrogen-bond donors (Lipinski definition) is 0. The summed E-state index contributed by atoms with van der Waals surface area (Å²) in [5.41, 5.74) is 1.03. The predicted molar refractivity (Wildman–Crippen MR) is 83.4 cm³/mol. The summed E-state index contributed by atoms with van der Waals surface area (Å²) in [5.74, 6) is 2.77. The maximum Gasteiger partial charge on any atom is 0.237 e. The van der Waals surface area contributed by atoms with E-state index in [1.807, 2.05) is 42.0 Å². The summed E-state index contributed by atoms with van der Waals surface area (Å²) < 4.78 is 12.4. The van der Waals surface area contributed by atoms with Gasteiger partial charge in [-0.1, -0.05) is 23.8 Å². The number of rotatable bonds is 6. The Kier molecular flexibility index (Phi) is 4.43. The van der Waals surface area contributed by atoms with Crippen LogP contribution in [-0.2, 0) is 12.2 Å². The standard InChI is InChI=1S/C15H16N4O2S/c1-3-13-17-14(21-18-13)10-22-15-16-8-9-19(15)11-4-6-12(20-2)7-5-11/h4-9H,3,10H2,1-2H3. The van der Waals surface area contributed by atoms with E-state index in [2.05, 4.69) is 15.1 Å². The molecule has 22 heavy (non-hydrogen) atoms. The van der Waals surface area contributed by atoms with Crippen molar-refractivity contribution in [3.63, 3.8) is 0 Å². The number of benzene rings is 1. The number of methoxy groups -OCH3 is 1. The minimum absolute atomic E-state index is 0.597. The molecule has 114 valence electrons. The summed E-state index contributed by atoms with van der Waals surface area (Å²) in [5, 5.41) is 4.77. The Labute approximate surface area is 132 Å². The van der Waals surface area contributed by atoms with Crippen LogP contribution in [0.15, 0.2) is 46.3 Å². The average Bonchev–Trinajstić information content (AvgIpc) is 3.22. The minimum Gasteiger partial charge on any atom is -0.497 e. The van der Waals surface area contributed by atoms with Gasteiger partial charge in [-0.25, -0.2) is 4.98 Å². The second kappa shape index (κ2) is 6.65. The zero-order chi connectivity index (χ0) is 15.4. The monoisotopic (exact) mass is 316 g/mol. The van der Waals surface area contributed by atoms with Crippen LogP contribution < -0.4 is 4.74 Å². The average molecular weight is 316 g/mol. The molecule has 0 aliphatic heterocycles. The smallest absolute Gasteiger partial charge is 0.237 e. The minimum atomic E-state index is 0.597. The Morgan fingerprint density at radius 2 is 2.09 bits per heavy atom. The van der Waals surface area contributed by atoms with Gasteiger partial charge in [0.05, 0.1) is 12.9 Å². The first-order chi connectivity index (χ1) is 10.8. The van der Waals surface area contributed by atoms with Crippen molar-refractivity contribution >= 4 is 11.8 Å². The van der Waals surface area contributed by atoms with E-state index in [1.165, 1.54) is 0 Å². The Hall–Kier alpha value is -2.28. The van der Waals surface area contributed by atoms with Crippen LogP contribution in [0.3, 0.4) is 0 Å². The van der Waals surface area contributed by atoms with Crippen molar-refractivity contribution in [3.8, 4) is 11.4 Å². The zero-order valence-electron chi connectivity index (χ0n) is 12.4. The van der Waals surface area contributed by atoms with E-state index in [0.29, 0.717) is 11.6 Å². The normalized spacial score (nSPS) is 10.8. The maximum atomic E-state index is 5.19. The molecule has 0 saturated heterocycles. The summed E-state index contributed by atoms with van der Waals surface area (Å²) in [6.07, 6.45) is 4.47. The number of imidazole rings is 1. The lowest BCUT2D eigenvalue weighted by Gasteiger charge is -2.07. The molecule has 7 heteroatoms. The highest BCUT2D eigenvalue weighted by molar-refractivity contribution is 7.98. The zero-order valence-corrected chi connectivity index (χ0v) is 13.2. The van der Waals surface area contributed by atoms with Crippen LogP contribution in [0.25, 0.3) is 5.69 Å². The third-order valence-corrected chi connectivity index (χ3v) is 4.06. The quantitative estimate of drug-likeness (QED) is 0.651. The van der Waals surface area contributed by atoms with E-state index < -0.39 is 0 Å². The molecule has 0 amide bonds. The molecule has 0 spiro atoms. The number of ether oxygens (including phenoxy) is 1. The van der Waals surface area contributed by atoms with Gasteiger partial charge in [0.2, 0.25) is 5.89 Å². The van der Waals surface area contributed by atoms with Crippen molar-refractivity contribution in [1.82, 2.24) is 19.7 Å². The van der Waals surface area contributed by atoms with E-state index in [9.17, 15) is 0 Å². The van der Waals surface area contributed by atoms with Crippen molar-refractivity contribution < 1.29 is 9.26 Å². The summed E-state index contributed by atoms with van der Waals surface area (Å²) in [4.78, 5) is 8.68.